The number of aromatic nitrogens is 1. The third kappa shape index (κ3) is 13.8. The maximum absolute atomic E-state index is 7.09. The van der Waals surface area contributed by atoms with Gasteiger partial charge < -0.3 is 13.6 Å². The molecule has 0 aliphatic heterocycles. The van der Waals surface area contributed by atoms with Crippen LogP contribution in [0.3, 0.4) is 0 Å². The Morgan fingerprint density at radius 1 is 0.381 bits per heavy atom. The first-order valence-corrected chi connectivity index (χ1v) is 27.8. The van der Waals surface area contributed by atoms with Crippen molar-refractivity contribution in [2.45, 2.75) is 129 Å². The van der Waals surface area contributed by atoms with E-state index in [2.05, 4.69) is 189 Å². The molecule has 0 aliphatic rings. The van der Waals surface area contributed by atoms with Gasteiger partial charge in [-0.15, -0.1) is 0 Å². The van der Waals surface area contributed by atoms with Gasteiger partial charge in [0.2, 0.25) is 0 Å². The molecule has 0 fully saturated rings. The fourth-order valence-corrected chi connectivity index (χ4v) is 13.2. The van der Waals surface area contributed by atoms with Gasteiger partial charge in [-0.2, -0.15) is 0 Å². The molecule has 0 spiro atoms. The van der Waals surface area contributed by atoms with Crippen molar-refractivity contribution in [3.8, 4) is 11.5 Å². The summed E-state index contributed by atoms with van der Waals surface area (Å²) in [6.45, 7) is 3.26. The predicted octanol–water partition coefficient (Wildman–Crippen LogP) is 17.2. The number of fused-ring (bicyclic) bond motifs is 3. The zero-order chi connectivity index (χ0) is 43.5. The molecule has 1 heterocycles. The van der Waals surface area contributed by atoms with Gasteiger partial charge >= 0.3 is 0 Å². The highest BCUT2D eigenvalue weighted by Crippen LogP contribution is 2.47. The molecule has 0 atom stereocenters. The van der Waals surface area contributed by atoms with Crippen molar-refractivity contribution >= 4 is 91.2 Å². The highest BCUT2D eigenvalue weighted by molar-refractivity contribution is 9.11. The predicted molar refractivity (Wildman–Crippen MR) is 283 cm³/mol. The summed E-state index contributed by atoms with van der Waals surface area (Å²) in [7, 11) is -2.21. The van der Waals surface area contributed by atoms with Crippen molar-refractivity contribution in [3.63, 3.8) is 0 Å². The largest absolute Gasteiger partial charge is 0.463 e. The molecule has 0 amide bonds. The second kappa shape index (κ2) is 25.9. The van der Waals surface area contributed by atoms with Crippen LogP contribution in [0, 0.1) is 0 Å². The van der Waals surface area contributed by atoms with Crippen LogP contribution < -0.4 is 30.3 Å². The van der Waals surface area contributed by atoms with Crippen molar-refractivity contribution in [2.75, 3.05) is 0 Å². The zero-order valence-electron chi connectivity index (χ0n) is 37.2. The molecule has 1 aromatic heterocycles. The molecule has 0 aliphatic carbocycles. The van der Waals surface area contributed by atoms with E-state index in [0.29, 0.717) is 0 Å². The lowest BCUT2D eigenvalue weighted by atomic mass is 10.0. The zero-order valence-corrected chi connectivity index (χ0v) is 42.2. The Morgan fingerprint density at radius 2 is 0.667 bits per heavy atom. The maximum atomic E-state index is 7.09. The van der Waals surface area contributed by atoms with Crippen LogP contribution in [0.2, 0.25) is 0 Å². The SMILES string of the molecule is CCCCCCCCCCCCCCCCCCCCn1c2cc(Br)c(OP(c3ccccc3)c3ccccc3)cc2c2cc(OP(c3ccccc3)c3ccccc3)c(Br)cc21. The lowest BCUT2D eigenvalue weighted by Gasteiger charge is -2.20. The number of halogens is 2. The first kappa shape index (κ1) is 47.5. The highest BCUT2D eigenvalue weighted by atomic mass is 79.9. The first-order chi connectivity index (χ1) is 31.1. The van der Waals surface area contributed by atoms with E-state index >= 15 is 0 Å². The molecule has 0 N–H and O–H groups in total. The minimum absolute atomic E-state index is 0.842. The monoisotopic (exact) mass is 1000 g/mol. The van der Waals surface area contributed by atoms with Gasteiger partial charge in [0.15, 0.2) is 16.3 Å². The van der Waals surface area contributed by atoms with Gasteiger partial charge in [0, 0.05) is 38.5 Å². The van der Waals surface area contributed by atoms with Crippen LogP contribution in [0.15, 0.2) is 155 Å². The van der Waals surface area contributed by atoms with Crippen molar-refractivity contribution in [1.29, 1.82) is 0 Å². The quantitative estimate of drug-likeness (QED) is 0.0379. The van der Waals surface area contributed by atoms with E-state index in [0.717, 1.165) is 33.4 Å². The van der Waals surface area contributed by atoms with Gasteiger partial charge in [-0.05, 0) is 62.5 Å². The first-order valence-electron chi connectivity index (χ1n) is 23.7. The summed E-state index contributed by atoms with van der Waals surface area (Å²) < 4.78 is 18.6. The number of benzene rings is 6. The topological polar surface area (TPSA) is 23.4 Å². The molecule has 0 radical (unpaired) electrons. The molecule has 63 heavy (non-hydrogen) atoms. The standard InChI is InChI=1S/C56H65Br2NO2P2/c1-2-3-4-5-6-7-8-9-10-11-12-13-14-15-16-17-18-31-40-59-53-43-51(57)55(60-62(45-32-23-19-24-33-45)46-34-25-20-26-35-46)41-49(53)50-42-56(52(58)44-54(50)59)61-63(47-36-27-21-28-37-47)48-38-29-22-30-39-48/h19-30,32-39,41-44H,2-18,31,40H2,1H3. The highest BCUT2D eigenvalue weighted by Gasteiger charge is 2.23. The van der Waals surface area contributed by atoms with Crippen molar-refractivity contribution in [1.82, 2.24) is 4.57 Å². The Labute approximate surface area is 397 Å². The van der Waals surface area contributed by atoms with E-state index in [1.807, 2.05) is 0 Å². The van der Waals surface area contributed by atoms with Crippen molar-refractivity contribution in [3.05, 3.63) is 155 Å². The second-order valence-corrected chi connectivity index (χ2v) is 22.2. The lowest BCUT2D eigenvalue weighted by molar-refractivity contribution is 0.521. The number of rotatable bonds is 27. The van der Waals surface area contributed by atoms with E-state index in [9.17, 15) is 0 Å². The molecular formula is C56H65Br2NO2P2. The van der Waals surface area contributed by atoms with E-state index in [1.165, 1.54) is 152 Å². The molecule has 7 heteroatoms. The Morgan fingerprint density at radius 3 is 0.968 bits per heavy atom. The average molecular weight is 1010 g/mol. The minimum Gasteiger partial charge on any atom is -0.463 e. The number of hydrogen-bond acceptors (Lipinski definition) is 2. The summed E-state index contributed by atoms with van der Waals surface area (Å²) in [5.41, 5.74) is 2.41. The summed E-state index contributed by atoms with van der Waals surface area (Å²) in [4.78, 5) is 0. The molecule has 330 valence electrons. The average Bonchev–Trinajstić information content (AvgIpc) is 3.60. The summed E-state index contributed by atoms with van der Waals surface area (Å²) in [6.07, 6.45) is 24.8. The lowest BCUT2D eigenvalue weighted by Crippen LogP contribution is -2.15. The van der Waals surface area contributed by atoms with Gasteiger partial charge in [-0.25, -0.2) is 0 Å². The number of nitrogens with zero attached hydrogens (tertiary/aromatic N) is 1. The smallest absolute Gasteiger partial charge is 0.150 e. The van der Waals surface area contributed by atoms with E-state index in [1.54, 1.807) is 0 Å². The maximum Gasteiger partial charge on any atom is 0.150 e. The van der Waals surface area contributed by atoms with Crippen LogP contribution in [-0.2, 0) is 6.54 Å². The third-order valence-corrected chi connectivity index (χ3v) is 17.1. The van der Waals surface area contributed by atoms with Gasteiger partial charge in [-0.1, -0.05) is 237 Å². The summed E-state index contributed by atoms with van der Waals surface area (Å²) in [5, 5.41) is 7.05. The van der Waals surface area contributed by atoms with Gasteiger partial charge in [0.05, 0.1) is 20.0 Å². The van der Waals surface area contributed by atoms with Crippen molar-refractivity contribution in [2.24, 2.45) is 0 Å². The fraction of sp³-hybridized carbons (Fsp3) is 0.357. The molecule has 7 aromatic rings. The Bertz CT molecular complexity index is 2160. The molecule has 0 saturated heterocycles. The summed E-state index contributed by atoms with van der Waals surface area (Å²) in [6, 6.07) is 51.5. The van der Waals surface area contributed by atoms with Gasteiger partial charge in [0.25, 0.3) is 0 Å². The van der Waals surface area contributed by atoms with E-state index in [4.69, 9.17) is 9.05 Å². The molecule has 7 rings (SSSR count). The Hall–Kier alpha value is -3.46. The van der Waals surface area contributed by atoms with E-state index < -0.39 is 16.3 Å². The summed E-state index contributed by atoms with van der Waals surface area (Å²) in [5.74, 6) is 1.68. The van der Waals surface area contributed by atoms with E-state index in [-0.39, 0.29) is 0 Å². The number of unbranched alkanes of at least 4 members (excludes halogenated alkanes) is 17. The number of hydrogen-bond donors (Lipinski definition) is 0. The van der Waals surface area contributed by atoms with Gasteiger partial charge in [0.1, 0.15) is 11.5 Å². The molecule has 0 saturated carbocycles. The normalized spacial score (nSPS) is 11.6. The van der Waals surface area contributed by atoms with Crippen LogP contribution in [-0.4, -0.2) is 4.57 Å². The Balaban J connectivity index is 1.06. The van der Waals surface area contributed by atoms with Crippen LogP contribution in [0.5, 0.6) is 11.5 Å². The third-order valence-electron chi connectivity index (χ3n) is 12.0. The molecule has 0 bridgehead atoms. The fourth-order valence-electron chi connectivity index (χ4n) is 8.61. The Kier molecular flexibility index (Phi) is 19.5. The number of aryl methyl sites for hydroxylation is 1. The molecule has 3 nitrogen and oxygen atoms in total. The van der Waals surface area contributed by atoms with Crippen LogP contribution in [0.25, 0.3) is 21.8 Å². The van der Waals surface area contributed by atoms with Crippen LogP contribution in [0.1, 0.15) is 122 Å². The summed E-state index contributed by atoms with van der Waals surface area (Å²) >= 11 is 7.99. The molecule has 6 aromatic carbocycles. The molecule has 0 unspecified atom stereocenters. The molecular weight excluding hydrogens is 940 g/mol. The van der Waals surface area contributed by atoms with Crippen LogP contribution in [0.4, 0.5) is 0 Å². The van der Waals surface area contributed by atoms with Gasteiger partial charge in [-0.3, -0.25) is 0 Å². The van der Waals surface area contributed by atoms with Crippen LogP contribution >= 0.6 is 48.2 Å². The minimum atomic E-state index is -1.10. The van der Waals surface area contributed by atoms with Crippen molar-refractivity contribution < 1.29 is 9.05 Å². The second-order valence-electron chi connectivity index (χ2n) is 16.9.